The zero-order valence-electron chi connectivity index (χ0n) is 18.0. The van der Waals surface area contributed by atoms with Crippen LogP contribution in [0, 0.1) is 0 Å². The van der Waals surface area contributed by atoms with Crippen LogP contribution in [0.4, 0.5) is 10.5 Å². The summed E-state index contributed by atoms with van der Waals surface area (Å²) in [6.07, 6.45) is 0.787. The topological polar surface area (TPSA) is 94.6 Å². The van der Waals surface area contributed by atoms with Gasteiger partial charge in [-0.1, -0.05) is 23.9 Å². The van der Waals surface area contributed by atoms with Crippen LogP contribution in [0.2, 0.25) is 0 Å². The highest BCUT2D eigenvalue weighted by Gasteiger charge is 2.27. The Bertz CT molecular complexity index is 1170. The van der Waals surface area contributed by atoms with Crippen molar-refractivity contribution < 1.29 is 14.3 Å². The first kappa shape index (κ1) is 22.6. The van der Waals surface area contributed by atoms with E-state index in [1.54, 1.807) is 65.1 Å². The lowest BCUT2D eigenvalue weighted by Gasteiger charge is -2.20. The molecule has 0 spiro atoms. The normalized spacial score (nSPS) is 11.5. The molecule has 0 radical (unpaired) electrons. The fraction of sp³-hybridized carbons (Fsp3) is 0.304. The molecule has 1 heterocycles. The lowest BCUT2D eigenvalue weighted by atomic mass is 10.0. The number of anilines is 1. The second-order valence-corrected chi connectivity index (χ2v) is 9.14. The van der Waals surface area contributed by atoms with E-state index in [1.807, 2.05) is 12.1 Å². The Kier molecular flexibility index (Phi) is 6.50. The minimum absolute atomic E-state index is 0.0648. The van der Waals surface area contributed by atoms with E-state index in [0.717, 1.165) is 0 Å². The molecule has 31 heavy (non-hydrogen) atoms. The Morgan fingerprint density at radius 1 is 1.06 bits per heavy atom. The number of hydrogen-bond acceptors (Lipinski definition) is 7. The van der Waals surface area contributed by atoms with Crippen molar-refractivity contribution >= 4 is 23.5 Å². The van der Waals surface area contributed by atoms with Crippen LogP contribution in [-0.4, -0.2) is 22.8 Å². The van der Waals surface area contributed by atoms with Crippen LogP contribution < -0.4 is 20.9 Å². The molecule has 7 nitrogen and oxygen atoms in total. The van der Waals surface area contributed by atoms with Gasteiger partial charge in [0.15, 0.2) is 5.75 Å². The number of hydrogen-bond donors (Lipinski definition) is 1. The molecule has 0 atom stereocenters. The fourth-order valence-corrected chi connectivity index (χ4v) is 3.78. The highest BCUT2D eigenvalue weighted by molar-refractivity contribution is 7.99. The molecule has 3 aromatic rings. The average Bonchev–Trinajstić information content (AvgIpc) is 2.68. The Morgan fingerprint density at radius 3 is 2.45 bits per heavy atom. The number of aromatic nitrogens is 1. The number of nitrogens with zero attached hydrogens (tertiary/aromatic N) is 1. The molecule has 0 unspecified atom stereocenters. The van der Waals surface area contributed by atoms with E-state index in [1.165, 1.54) is 11.8 Å². The molecular weight excluding hydrogens is 416 g/mol. The van der Waals surface area contributed by atoms with E-state index in [4.69, 9.17) is 9.47 Å². The molecule has 3 rings (SSSR count). The number of carbonyl (C=O) groups excluding carboxylic acids is 1. The first-order chi connectivity index (χ1) is 14.6. The van der Waals surface area contributed by atoms with Crippen LogP contribution in [0.25, 0.3) is 11.1 Å². The summed E-state index contributed by atoms with van der Waals surface area (Å²) in [6, 6.07) is 10.6. The SMILES string of the molecule is CC(C)Oc1c(-c2cccnc2Sc2ccccc2NC(=O)OC(C)(C)C)c(=O)c1=O. The largest absolute Gasteiger partial charge is 0.486 e. The van der Waals surface area contributed by atoms with Gasteiger partial charge in [0.25, 0.3) is 5.43 Å². The van der Waals surface area contributed by atoms with E-state index >= 15 is 0 Å². The van der Waals surface area contributed by atoms with Crippen LogP contribution in [-0.2, 0) is 4.74 Å². The molecular formula is C23H24N2O5S. The zero-order chi connectivity index (χ0) is 22.8. The third kappa shape index (κ3) is 5.32. The number of para-hydroxylation sites is 1. The number of nitrogens with one attached hydrogen (secondary N) is 1. The van der Waals surface area contributed by atoms with Gasteiger partial charge in [-0.3, -0.25) is 14.9 Å². The van der Waals surface area contributed by atoms with Gasteiger partial charge in [0, 0.05) is 16.7 Å². The molecule has 0 aliphatic carbocycles. The van der Waals surface area contributed by atoms with E-state index < -0.39 is 22.6 Å². The first-order valence-corrected chi connectivity index (χ1v) is 10.6. The van der Waals surface area contributed by atoms with E-state index in [-0.39, 0.29) is 17.4 Å². The Labute approximate surface area is 184 Å². The number of pyridine rings is 1. The van der Waals surface area contributed by atoms with Crippen LogP contribution in [0.5, 0.6) is 5.75 Å². The number of rotatable bonds is 6. The molecule has 0 aliphatic rings. The van der Waals surface area contributed by atoms with Gasteiger partial charge in [-0.2, -0.15) is 0 Å². The van der Waals surface area contributed by atoms with Crippen molar-refractivity contribution in [3.63, 3.8) is 0 Å². The third-order valence-electron chi connectivity index (χ3n) is 3.99. The molecule has 2 aromatic carbocycles. The van der Waals surface area contributed by atoms with Gasteiger partial charge in [-0.15, -0.1) is 0 Å². The maximum Gasteiger partial charge on any atom is 0.412 e. The Hall–Kier alpha value is -3.13. The molecule has 0 fully saturated rings. The summed E-state index contributed by atoms with van der Waals surface area (Å²) in [4.78, 5) is 41.7. The summed E-state index contributed by atoms with van der Waals surface area (Å²) in [5, 5.41) is 3.26. The summed E-state index contributed by atoms with van der Waals surface area (Å²) in [5.41, 5.74) is -0.564. The molecule has 1 N–H and O–H groups in total. The first-order valence-electron chi connectivity index (χ1n) is 9.79. The van der Waals surface area contributed by atoms with Crippen LogP contribution >= 0.6 is 11.8 Å². The van der Waals surface area contributed by atoms with Crippen molar-refractivity contribution in [3.8, 4) is 16.9 Å². The van der Waals surface area contributed by atoms with Gasteiger partial charge < -0.3 is 9.47 Å². The lowest BCUT2D eigenvalue weighted by Crippen LogP contribution is -2.36. The standard InChI is InChI=1S/C23H24N2O5S/c1-13(2)29-20-17(18(26)19(20)27)14-9-8-12-24-21(14)31-16-11-7-6-10-15(16)25-22(28)30-23(3,4)5/h6-13H,1-5H3,(H,25,28). The van der Waals surface area contributed by atoms with E-state index in [9.17, 15) is 14.4 Å². The second-order valence-electron chi connectivity index (χ2n) is 8.11. The number of benzene rings is 1. The van der Waals surface area contributed by atoms with Crippen molar-refractivity contribution in [2.75, 3.05) is 5.32 Å². The lowest BCUT2D eigenvalue weighted by molar-refractivity contribution is 0.0635. The van der Waals surface area contributed by atoms with Crippen molar-refractivity contribution in [1.82, 2.24) is 4.98 Å². The van der Waals surface area contributed by atoms with Gasteiger partial charge in [0.2, 0.25) is 5.43 Å². The maximum atomic E-state index is 12.3. The number of ether oxygens (including phenoxy) is 2. The Morgan fingerprint density at radius 2 is 1.77 bits per heavy atom. The third-order valence-corrected chi connectivity index (χ3v) is 5.08. The Balaban J connectivity index is 1.94. The van der Waals surface area contributed by atoms with Crippen molar-refractivity contribution in [2.45, 2.75) is 56.2 Å². The fourth-order valence-electron chi connectivity index (χ4n) is 2.80. The molecule has 1 aromatic heterocycles. The molecule has 8 heteroatoms. The van der Waals surface area contributed by atoms with Gasteiger partial charge in [0.05, 0.1) is 17.4 Å². The molecule has 162 valence electrons. The number of amides is 1. The predicted octanol–water partition coefficient (Wildman–Crippen LogP) is 4.63. The summed E-state index contributed by atoms with van der Waals surface area (Å²) in [7, 11) is 0. The van der Waals surface area contributed by atoms with Gasteiger partial charge >= 0.3 is 6.09 Å². The molecule has 0 saturated carbocycles. The minimum Gasteiger partial charge on any atom is -0.486 e. The smallest absolute Gasteiger partial charge is 0.412 e. The number of carbonyl (C=O) groups is 1. The maximum absolute atomic E-state index is 12.3. The van der Waals surface area contributed by atoms with Gasteiger partial charge in [0.1, 0.15) is 10.6 Å². The summed E-state index contributed by atoms with van der Waals surface area (Å²) >= 11 is 1.27. The van der Waals surface area contributed by atoms with Gasteiger partial charge in [-0.05, 0) is 58.9 Å². The van der Waals surface area contributed by atoms with Gasteiger partial charge in [-0.25, -0.2) is 9.78 Å². The van der Waals surface area contributed by atoms with Crippen molar-refractivity contribution in [3.05, 3.63) is 63.0 Å². The van der Waals surface area contributed by atoms with Crippen molar-refractivity contribution in [2.24, 2.45) is 0 Å². The highest BCUT2D eigenvalue weighted by atomic mass is 32.2. The molecule has 0 aliphatic heterocycles. The van der Waals surface area contributed by atoms with Crippen LogP contribution in [0.1, 0.15) is 34.6 Å². The second kappa shape index (κ2) is 8.93. The van der Waals surface area contributed by atoms with E-state index in [0.29, 0.717) is 21.2 Å². The quantitative estimate of drug-likeness (QED) is 0.559. The molecule has 1 amide bonds. The monoisotopic (exact) mass is 440 g/mol. The zero-order valence-corrected chi connectivity index (χ0v) is 18.8. The van der Waals surface area contributed by atoms with Crippen LogP contribution in [0.3, 0.4) is 0 Å². The highest BCUT2D eigenvalue weighted by Crippen LogP contribution is 2.39. The van der Waals surface area contributed by atoms with Crippen molar-refractivity contribution in [1.29, 1.82) is 0 Å². The summed E-state index contributed by atoms with van der Waals surface area (Å²) in [5.74, 6) is 0.0648. The molecule has 0 bridgehead atoms. The van der Waals surface area contributed by atoms with E-state index in [2.05, 4.69) is 10.3 Å². The summed E-state index contributed by atoms with van der Waals surface area (Å²) < 4.78 is 10.9. The summed E-state index contributed by atoms with van der Waals surface area (Å²) in [6.45, 7) is 8.94. The molecule has 0 saturated heterocycles. The van der Waals surface area contributed by atoms with Crippen LogP contribution in [0.15, 0.2) is 62.1 Å². The minimum atomic E-state index is -0.629. The predicted molar refractivity (Wildman–Crippen MR) is 121 cm³/mol. The average molecular weight is 441 g/mol.